The van der Waals surface area contributed by atoms with Gasteiger partial charge in [0.1, 0.15) is 28.0 Å². The number of benzene rings is 3. The molecule has 4 aromatic rings. The molecule has 0 bridgehead atoms. The first-order chi connectivity index (χ1) is 15.9. The first kappa shape index (κ1) is 22.5. The summed E-state index contributed by atoms with van der Waals surface area (Å²) in [4.78, 5) is 12.7. The number of hydrazone groups is 1. The summed E-state index contributed by atoms with van der Waals surface area (Å²) < 4.78 is 20.3. The van der Waals surface area contributed by atoms with Crippen LogP contribution in [0, 0.1) is 5.82 Å². The summed E-state index contributed by atoms with van der Waals surface area (Å²) in [5.74, 6) is 0.793. The second-order valence-corrected chi connectivity index (χ2v) is 7.70. The molecule has 0 aliphatic carbocycles. The Kier molecular flexibility index (Phi) is 6.72. The SMILES string of the molecule is CN(/N=C/c1cccc(Oc2ccccc2)c1)c1cnn(-c2ccc(F)c(Cl)c2)c(=O)c1Cl. The smallest absolute Gasteiger partial charge is 0.292 e. The lowest BCUT2D eigenvalue weighted by atomic mass is 10.2. The molecule has 0 unspecified atom stereocenters. The van der Waals surface area contributed by atoms with Gasteiger partial charge in [0.05, 0.1) is 23.1 Å². The molecule has 9 heteroatoms. The summed E-state index contributed by atoms with van der Waals surface area (Å²) >= 11 is 12.1. The van der Waals surface area contributed by atoms with E-state index in [0.29, 0.717) is 17.1 Å². The van der Waals surface area contributed by atoms with Gasteiger partial charge in [-0.3, -0.25) is 9.80 Å². The average Bonchev–Trinajstić information content (AvgIpc) is 2.82. The highest BCUT2D eigenvalue weighted by Gasteiger charge is 2.14. The second kappa shape index (κ2) is 9.85. The van der Waals surface area contributed by atoms with Gasteiger partial charge in [-0.2, -0.15) is 14.9 Å². The number of ether oxygens (including phenoxy) is 1. The highest BCUT2D eigenvalue weighted by atomic mass is 35.5. The number of anilines is 1. The van der Waals surface area contributed by atoms with Crippen LogP contribution < -0.4 is 15.3 Å². The molecule has 0 saturated carbocycles. The molecule has 0 aliphatic rings. The molecule has 0 N–H and O–H groups in total. The van der Waals surface area contributed by atoms with Crippen LogP contribution in [0.25, 0.3) is 5.69 Å². The Balaban J connectivity index is 1.54. The Morgan fingerprint density at radius 1 is 1.03 bits per heavy atom. The quantitative estimate of drug-likeness (QED) is 0.252. The van der Waals surface area contributed by atoms with Gasteiger partial charge in [-0.15, -0.1) is 0 Å². The molecule has 1 aromatic heterocycles. The molecule has 166 valence electrons. The van der Waals surface area contributed by atoms with Crippen LogP contribution in [0.4, 0.5) is 10.1 Å². The van der Waals surface area contributed by atoms with E-state index in [4.69, 9.17) is 27.9 Å². The van der Waals surface area contributed by atoms with Gasteiger partial charge in [-0.25, -0.2) is 4.39 Å². The van der Waals surface area contributed by atoms with E-state index in [1.165, 1.54) is 23.3 Å². The predicted molar refractivity (Wildman–Crippen MR) is 129 cm³/mol. The Hall–Kier alpha value is -3.68. The van der Waals surface area contributed by atoms with Crippen molar-refractivity contribution < 1.29 is 9.13 Å². The third-order valence-electron chi connectivity index (χ3n) is 4.61. The molecule has 4 rings (SSSR count). The van der Waals surface area contributed by atoms with Crippen LogP contribution in [0.15, 0.2) is 88.9 Å². The van der Waals surface area contributed by atoms with Crippen LogP contribution in [-0.4, -0.2) is 23.0 Å². The number of hydrogen-bond acceptors (Lipinski definition) is 5. The van der Waals surface area contributed by atoms with E-state index in [-0.39, 0.29) is 10.0 Å². The topological polar surface area (TPSA) is 59.7 Å². The lowest BCUT2D eigenvalue weighted by molar-refractivity contribution is 0.482. The third-order valence-corrected chi connectivity index (χ3v) is 5.26. The molecule has 3 aromatic carbocycles. The lowest BCUT2D eigenvalue weighted by Gasteiger charge is -2.15. The number of hydrogen-bond donors (Lipinski definition) is 0. The standard InChI is InChI=1S/C24H17Cl2FN4O2/c1-30(28-14-16-6-5-9-19(12-16)33-18-7-3-2-4-8-18)22-15-29-31(24(32)23(22)26)17-10-11-21(27)20(25)13-17/h2-15H,1H3/b28-14+. The van der Waals surface area contributed by atoms with Crippen LogP contribution in [0.1, 0.15) is 5.56 Å². The zero-order chi connectivity index (χ0) is 23.4. The Morgan fingerprint density at radius 3 is 2.55 bits per heavy atom. The first-order valence-corrected chi connectivity index (χ1v) is 10.5. The van der Waals surface area contributed by atoms with Gasteiger partial charge >= 0.3 is 0 Å². The molecule has 0 aliphatic heterocycles. The second-order valence-electron chi connectivity index (χ2n) is 6.91. The van der Waals surface area contributed by atoms with E-state index in [0.717, 1.165) is 22.1 Å². The minimum Gasteiger partial charge on any atom is -0.457 e. The number of halogens is 3. The highest BCUT2D eigenvalue weighted by Crippen LogP contribution is 2.24. The Labute approximate surface area is 199 Å². The van der Waals surface area contributed by atoms with Crippen molar-refractivity contribution in [1.29, 1.82) is 0 Å². The van der Waals surface area contributed by atoms with Crippen molar-refractivity contribution in [3.8, 4) is 17.2 Å². The molecule has 0 spiro atoms. The van der Waals surface area contributed by atoms with Gasteiger partial charge in [0.15, 0.2) is 0 Å². The molecule has 0 amide bonds. The molecule has 0 radical (unpaired) electrons. The molecule has 33 heavy (non-hydrogen) atoms. The first-order valence-electron chi connectivity index (χ1n) is 9.76. The van der Waals surface area contributed by atoms with E-state index >= 15 is 0 Å². The number of nitrogens with zero attached hydrogens (tertiary/aromatic N) is 4. The molecular formula is C24H17Cl2FN4O2. The zero-order valence-electron chi connectivity index (χ0n) is 17.3. The van der Waals surface area contributed by atoms with Gasteiger partial charge in [-0.05, 0) is 48.0 Å². The van der Waals surface area contributed by atoms with E-state index in [2.05, 4.69) is 10.2 Å². The monoisotopic (exact) mass is 482 g/mol. The minimum atomic E-state index is -0.594. The molecule has 0 fully saturated rings. The summed E-state index contributed by atoms with van der Waals surface area (Å²) in [5.41, 5.74) is 0.797. The maximum Gasteiger partial charge on any atom is 0.292 e. The van der Waals surface area contributed by atoms with Crippen LogP contribution in [0.2, 0.25) is 10.0 Å². The summed E-state index contributed by atoms with van der Waals surface area (Å²) in [6, 6.07) is 20.7. The van der Waals surface area contributed by atoms with Gasteiger partial charge < -0.3 is 4.74 Å². The van der Waals surface area contributed by atoms with Crippen molar-refractivity contribution in [3.63, 3.8) is 0 Å². The third kappa shape index (κ3) is 5.22. The van der Waals surface area contributed by atoms with Crippen molar-refractivity contribution in [2.24, 2.45) is 5.10 Å². The van der Waals surface area contributed by atoms with Gasteiger partial charge in [0.25, 0.3) is 5.56 Å². The maximum absolute atomic E-state index is 13.4. The lowest BCUT2D eigenvalue weighted by Crippen LogP contribution is -2.24. The fourth-order valence-corrected chi connectivity index (χ4v) is 3.37. The Morgan fingerprint density at radius 2 is 1.79 bits per heavy atom. The van der Waals surface area contributed by atoms with Crippen molar-refractivity contribution >= 4 is 35.1 Å². The molecule has 1 heterocycles. The fourth-order valence-electron chi connectivity index (χ4n) is 2.95. The van der Waals surface area contributed by atoms with Crippen molar-refractivity contribution in [2.75, 3.05) is 12.1 Å². The van der Waals surface area contributed by atoms with Gasteiger partial charge in [0, 0.05) is 7.05 Å². The normalized spacial score (nSPS) is 11.0. The van der Waals surface area contributed by atoms with Crippen molar-refractivity contribution in [2.45, 2.75) is 0 Å². The average molecular weight is 483 g/mol. The number of rotatable bonds is 6. The molecule has 0 saturated heterocycles. The number of aromatic nitrogens is 2. The van der Waals surface area contributed by atoms with Gasteiger partial charge in [-0.1, -0.05) is 53.5 Å². The Bertz CT molecular complexity index is 1380. The van der Waals surface area contributed by atoms with Crippen LogP contribution in [-0.2, 0) is 0 Å². The number of para-hydroxylation sites is 1. The van der Waals surface area contributed by atoms with Crippen molar-refractivity contribution in [3.05, 3.63) is 111 Å². The van der Waals surface area contributed by atoms with Crippen molar-refractivity contribution in [1.82, 2.24) is 9.78 Å². The summed E-state index contributed by atoms with van der Waals surface area (Å²) in [6.45, 7) is 0. The summed E-state index contributed by atoms with van der Waals surface area (Å²) in [7, 11) is 1.64. The van der Waals surface area contributed by atoms with E-state index in [1.54, 1.807) is 13.3 Å². The zero-order valence-corrected chi connectivity index (χ0v) is 18.8. The van der Waals surface area contributed by atoms with E-state index < -0.39 is 11.4 Å². The fraction of sp³-hybridized carbons (Fsp3) is 0.0417. The van der Waals surface area contributed by atoms with Crippen LogP contribution in [0.5, 0.6) is 11.5 Å². The predicted octanol–water partition coefficient (Wildman–Crippen LogP) is 5.94. The maximum atomic E-state index is 13.4. The summed E-state index contributed by atoms with van der Waals surface area (Å²) in [5, 5.41) is 9.69. The minimum absolute atomic E-state index is 0.0914. The van der Waals surface area contributed by atoms with Gasteiger partial charge in [0.2, 0.25) is 0 Å². The molecule has 0 atom stereocenters. The van der Waals surface area contributed by atoms with Crippen LogP contribution >= 0.6 is 23.2 Å². The molecular weight excluding hydrogens is 466 g/mol. The largest absolute Gasteiger partial charge is 0.457 e. The van der Waals surface area contributed by atoms with E-state index in [9.17, 15) is 9.18 Å². The molecule has 6 nitrogen and oxygen atoms in total. The highest BCUT2D eigenvalue weighted by molar-refractivity contribution is 6.33. The summed E-state index contributed by atoms with van der Waals surface area (Å²) in [6.07, 6.45) is 3.01. The van der Waals surface area contributed by atoms with Crippen LogP contribution in [0.3, 0.4) is 0 Å². The van der Waals surface area contributed by atoms with E-state index in [1.807, 2.05) is 54.6 Å².